The second-order valence-electron chi connectivity index (χ2n) is 8.81. The molecule has 2 N–H and O–H groups in total. The van der Waals surface area contributed by atoms with Gasteiger partial charge in [0.05, 0.1) is 22.9 Å². The van der Waals surface area contributed by atoms with Gasteiger partial charge in [-0.15, -0.1) is 24.5 Å². The van der Waals surface area contributed by atoms with E-state index in [0.717, 1.165) is 32.9 Å². The number of hydrogen-bond donors (Lipinski definition) is 2. The first-order valence-electron chi connectivity index (χ1n) is 11.4. The molecule has 2 aromatic rings. The van der Waals surface area contributed by atoms with Crippen molar-refractivity contribution in [2.75, 3.05) is 14.1 Å². The number of fused-ring (bicyclic) bond motifs is 1. The average molecular weight is 641 g/mol. The van der Waals surface area contributed by atoms with Gasteiger partial charge in [-0.05, 0) is 30.7 Å². The van der Waals surface area contributed by atoms with E-state index < -0.39 is 61.7 Å². The van der Waals surface area contributed by atoms with Gasteiger partial charge in [0.25, 0.3) is 5.91 Å². The monoisotopic (exact) mass is 640 g/mol. The Kier molecular flexibility index (Phi) is 8.42. The van der Waals surface area contributed by atoms with Crippen molar-refractivity contribution in [3.05, 3.63) is 44.7 Å². The summed E-state index contributed by atoms with van der Waals surface area (Å²) >= 11 is 6.81. The van der Waals surface area contributed by atoms with Gasteiger partial charge in [-0.2, -0.15) is 4.99 Å². The Bertz CT molecular complexity index is 1570. The number of thiazole rings is 1. The van der Waals surface area contributed by atoms with Crippen molar-refractivity contribution < 1.29 is 55.9 Å². The van der Waals surface area contributed by atoms with Gasteiger partial charge in [-0.3, -0.25) is 28.5 Å². The topological polar surface area (TPSA) is 160 Å². The van der Waals surface area contributed by atoms with E-state index in [4.69, 9.17) is 16.3 Å². The van der Waals surface area contributed by atoms with Crippen LogP contribution >= 0.6 is 30.8 Å². The van der Waals surface area contributed by atoms with E-state index in [1.807, 2.05) is 0 Å². The van der Waals surface area contributed by atoms with Crippen molar-refractivity contribution in [2.45, 2.75) is 32.7 Å². The largest absolute Gasteiger partial charge is 0.573 e. The lowest BCUT2D eigenvalue weighted by Crippen LogP contribution is -2.58. The molecule has 1 aromatic carbocycles. The van der Waals surface area contributed by atoms with Crippen LogP contribution in [0.15, 0.2) is 39.9 Å². The number of benzene rings is 1. The minimum absolute atomic E-state index is 0.0849. The molecule has 4 amide bonds. The normalized spacial score (nSPS) is 20.1. The fourth-order valence-electron chi connectivity index (χ4n) is 4.26. The molecule has 222 valence electrons. The number of amides is 4. The van der Waals surface area contributed by atoms with Crippen LogP contribution in [0.5, 0.6) is 5.75 Å². The van der Waals surface area contributed by atoms with Crippen molar-refractivity contribution in [1.29, 1.82) is 0 Å². The van der Waals surface area contributed by atoms with Gasteiger partial charge in [0.1, 0.15) is 18.4 Å². The standard InChI is InChI=1S/C22H21ClF3N4O9PS/c1-10-12(17-18(32)28(2)21(33)29(3)19(17)38-10)7-16(31)27-20-30(9-37-40(34,35)36)14(8-41-20)11-4-5-15(13(23)6-11)39-22(24,25)26/h4-6,8,17,19H,7,9H2,1-3H3,(H2,34,35,36). The van der Waals surface area contributed by atoms with Gasteiger partial charge in [0.15, 0.2) is 11.0 Å². The number of phosphoric ester groups is 1. The van der Waals surface area contributed by atoms with E-state index in [1.165, 1.54) is 30.4 Å². The zero-order valence-electron chi connectivity index (χ0n) is 21.3. The first-order chi connectivity index (χ1) is 19.0. The number of alkyl halides is 3. The molecule has 41 heavy (non-hydrogen) atoms. The van der Waals surface area contributed by atoms with Crippen LogP contribution in [-0.4, -0.2) is 68.7 Å². The van der Waals surface area contributed by atoms with Gasteiger partial charge in [-0.25, -0.2) is 9.36 Å². The molecule has 2 aliphatic heterocycles. The molecule has 1 fully saturated rings. The van der Waals surface area contributed by atoms with E-state index in [9.17, 15) is 41.9 Å². The van der Waals surface area contributed by atoms with Gasteiger partial charge in [0, 0.05) is 25.0 Å². The molecule has 2 unspecified atom stereocenters. The first-order valence-corrected chi connectivity index (χ1v) is 14.2. The summed E-state index contributed by atoms with van der Waals surface area (Å²) in [7, 11) is -2.24. The zero-order valence-corrected chi connectivity index (χ0v) is 23.8. The van der Waals surface area contributed by atoms with Gasteiger partial charge < -0.3 is 19.3 Å². The Hall–Kier alpha value is -3.21. The number of aromatic nitrogens is 1. The summed E-state index contributed by atoms with van der Waals surface area (Å²) in [6, 6.07) is 2.71. The lowest BCUT2D eigenvalue weighted by atomic mass is 9.92. The fourth-order valence-corrected chi connectivity index (χ4v) is 5.65. The molecule has 2 atom stereocenters. The number of urea groups is 1. The summed E-state index contributed by atoms with van der Waals surface area (Å²) in [5, 5.41) is 1.01. The minimum atomic E-state index is -5.00. The molecule has 1 saturated heterocycles. The Labute approximate surface area is 238 Å². The Morgan fingerprint density at radius 3 is 2.56 bits per heavy atom. The number of rotatable bonds is 7. The Morgan fingerprint density at radius 2 is 1.95 bits per heavy atom. The summed E-state index contributed by atoms with van der Waals surface area (Å²) in [5.41, 5.74) is 0.652. The molecule has 0 saturated carbocycles. The first kappa shape index (κ1) is 30.7. The predicted octanol–water partition coefficient (Wildman–Crippen LogP) is 3.42. The molecule has 13 nitrogen and oxygen atoms in total. The lowest BCUT2D eigenvalue weighted by Gasteiger charge is -2.37. The highest BCUT2D eigenvalue weighted by molar-refractivity contribution is 7.46. The van der Waals surface area contributed by atoms with Crippen molar-refractivity contribution in [1.82, 2.24) is 14.4 Å². The molecular formula is C22H21ClF3N4O9PS. The van der Waals surface area contributed by atoms with Gasteiger partial charge in [0.2, 0.25) is 5.91 Å². The maximum absolute atomic E-state index is 13.0. The van der Waals surface area contributed by atoms with Crippen LogP contribution in [0.4, 0.5) is 18.0 Å². The third-order valence-electron chi connectivity index (χ3n) is 6.15. The molecule has 0 spiro atoms. The summed E-state index contributed by atoms with van der Waals surface area (Å²) in [5.74, 6) is -2.66. The Morgan fingerprint density at radius 1 is 1.27 bits per heavy atom. The highest BCUT2D eigenvalue weighted by atomic mass is 35.5. The Balaban J connectivity index is 1.67. The zero-order chi connectivity index (χ0) is 30.4. The van der Waals surface area contributed by atoms with Crippen molar-refractivity contribution in [2.24, 2.45) is 10.9 Å². The number of halogens is 4. The number of carbonyl (C=O) groups excluding carboxylic acids is 3. The van der Waals surface area contributed by atoms with Gasteiger partial charge >= 0.3 is 20.2 Å². The summed E-state index contributed by atoms with van der Waals surface area (Å²) in [4.78, 5) is 62.6. The highest BCUT2D eigenvalue weighted by Gasteiger charge is 2.51. The van der Waals surface area contributed by atoms with Gasteiger partial charge in [-0.1, -0.05) is 11.6 Å². The van der Waals surface area contributed by atoms with Crippen molar-refractivity contribution >= 4 is 48.6 Å². The number of hydrogen-bond acceptors (Lipinski definition) is 8. The quantitative estimate of drug-likeness (QED) is 0.432. The van der Waals surface area contributed by atoms with E-state index >= 15 is 0 Å². The van der Waals surface area contributed by atoms with Crippen LogP contribution in [0.3, 0.4) is 0 Å². The molecule has 2 aliphatic rings. The van der Waals surface area contributed by atoms with Crippen LogP contribution < -0.4 is 9.54 Å². The third-order valence-corrected chi connectivity index (χ3v) is 7.76. The van der Waals surface area contributed by atoms with E-state index in [1.54, 1.807) is 6.92 Å². The molecule has 0 bridgehead atoms. The van der Waals surface area contributed by atoms with E-state index in [2.05, 4.69) is 14.3 Å². The van der Waals surface area contributed by atoms with E-state index in [-0.39, 0.29) is 28.2 Å². The number of carbonyl (C=O) groups is 3. The molecule has 0 aliphatic carbocycles. The fraction of sp³-hybridized carbons (Fsp3) is 0.364. The average Bonchev–Trinajstić information content (AvgIpc) is 3.40. The lowest BCUT2D eigenvalue weighted by molar-refractivity contribution is -0.274. The second-order valence-corrected chi connectivity index (χ2v) is 11.3. The van der Waals surface area contributed by atoms with Crippen LogP contribution in [0.25, 0.3) is 11.3 Å². The van der Waals surface area contributed by atoms with Crippen molar-refractivity contribution in [3.63, 3.8) is 0 Å². The molecule has 1 aromatic heterocycles. The maximum atomic E-state index is 13.0. The number of nitrogens with zero attached hydrogens (tertiary/aromatic N) is 4. The number of allylic oxidation sites excluding steroid dienone is 1. The molecule has 0 radical (unpaired) electrons. The molecular weight excluding hydrogens is 620 g/mol. The minimum Gasteiger partial charge on any atom is -0.474 e. The SMILES string of the molecule is CC1=C(CC(=O)N=c2scc(-c3ccc(OC(F)(F)F)c(Cl)c3)n2COP(=O)(O)O)C2C(=O)N(C)C(=O)N(C)C2O1. The van der Waals surface area contributed by atoms with Crippen LogP contribution in [0.1, 0.15) is 13.3 Å². The second kappa shape index (κ2) is 11.2. The summed E-state index contributed by atoms with van der Waals surface area (Å²) in [6.45, 7) is 0.749. The third kappa shape index (κ3) is 6.66. The van der Waals surface area contributed by atoms with E-state index in [0.29, 0.717) is 5.57 Å². The maximum Gasteiger partial charge on any atom is 0.573 e. The summed E-state index contributed by atoms with van der Waals surface area (Å²) in [6.07, 6.45) is -6.30. The predicted molar refractivity (Wildman–Crippen MR) is 135 cm³/mol. The number of ether oxygens (including phenoxy) is 2. The smallest absolute Gasteiger partial charge is 0.474 e. The van der Waals surface area contributed by atoms with Crippen molar-refractivity contribution in [3.8, 4) is 17.0 Å². The van der Waals surface area contributed by atoms with Crippen LogP contribution in [0, 0.1) is 5.92 Å². The highest BCUT2D eigenvalue weighted by Crippen LogP contribution is 2.40. The van der Waals surface area contributed by atoms with Crippen LogP contribution in [-0.2, 0) is 30.1 Å². The number of phosphoric acid groups is 1. The van der Waals surface area contributed by atoms with Crippen LogP contribution in [0.2, 0.25) is 5.02 Å². The number of imide groups is 1. The molecule has 4 rings (SSSR count). The summed E-state index contributed by atoms with van der Waals surface area (Å²) < 4.78 is 64.5. The molecule has 3 heterocycles. The molecule has 19 heteroatoms.